The van der Waals surface area contributed by atoms with E-state index in [9.17, 15) is 4.79 Å². The summed E-state index contributed by atoms with van der Waals surface area (Å²) in [5.74, 6) is 0.102. The number of aliphatic hydroxyl groups is 1. The molecule has 0 spiro atoms. The van der Waals surface area contributed by atoms with E-state index in [2.05, 4.69) is 36.1 Å². The van der Waals surface area contributed by atoms with Crippen molar-refractivity contribution in [2.75, 3.05) is 23.8 Å². The van der Waals surface area contributed by atoms with Crippen LogP contribution in [-0.4, -0.2) is 61.2 Å². The van der Waals surface area contributed by atoms with Crippen LogP contribution in [0.1, 0.15) is 36.0 Å². The average Bonchev–Trinajstić information content (AvgIpc) is 3.34. The molecule has 2 heterocycles. The van der Waals surface area contributed by atoms with Crippen molar-refractivity contribution in [2.45, 2.75) is 37.8 Å². The Kier molecular flexibility index (Phi) is 6.87. The zero-order valence-electron chi connectivity index (χ0n) is 17.6. The maximum Gasteiger partial charge on any atom is 0.254 e. The van der Waals surface area contributed by atoms with E-state index in [0.29, 0.717) is 24.0 Å². The topological polar surface area (TPSA) is 156 Å². The number of hydrogen-bond donors (Lipinski definition) is 5. The number of aliphatic hydroxyl groups excluding tert-OH is 1. The number of carbonyl (C=O) groups excluding carboxylic acids is 1. The van der Waals surface area contributed by atoms with E-state index in [1.54, 1.807) is 12.4 Å². The number of carbonyl (C=O) groups is 1. The van der Waals surface area contributed by atoms with Gasteiger partial charge in [0.05, 0.1) is 24.7 Å². The Labute approximate surface area is 185 Å². The molecule has 6 N–H and O–H groups in total. The monoisotopic (exact) mass is 437 g/mol. The fourth-order valence-corrected chi connectivity index (χ4v) is 3.88. The Morgan fingerprint density at radius 3 is 2.72 bits per heavy atom. The molecule has 0 bridgehead atoms. The molecule has 1 aliphatic carbocycles. The van der Waals surface area contributed by atoms with Crippen molar-refractivity contribution in [3.05, 3.63) is 48.4 Å². The van der Waals surface area contributed by atoms with E-state index < -0.39 is 5.91 Å². The second-order valence-corrected chi connectivity index (χ2v) is 7.63. The third-order valence-electron chi connectivity index (χ3n) is 5.41. The minimum atomic E-state index is -0.621. The number of nitrogens with zero attached hydrogens (tertiary/aromatic N) is 5. The molecule has 168 valence electrons. The summed E-state index contributed by atoms with van der Waals surface area (Å²) in [5.41, 5.74) is 7.20. The fraction of sp³-hybridized carbons (Fsp3) is 0.381. The predicted octanol–water partition coefficient (Wildman–Crippen LogP) is 1.20. The molecular weight excluding hydrogens is 410 g/mol. The number of rotatable bonds is 9. The lowest BCUT2D eigenvalue weighted by Crippen LogP contribution is -2.47. The Balaban J connectivity index is 1.56. The number of benzene rings is 1. The predicted molar refractivity (Wildman–Crippen MR) is 120 cm³/mol. The fourth-order valence-electron chi connectivity index (χ4n) is 3.88. The number of hydrogen-bond acceptors (Lipinski definition) is 9. The number of nitrogens with two attached hydrogens (primary N) is 1. The first-order valence-electron chi connectivity index (χ1n) is 10.7. The first kappa shape index (κ1) is 21.7. The second kappa shape index (κ2) is 10.2. The van der Waals surface area contributed by atoms with Crippen LogP contribution in [0.2, 0.25) is 0 Å². The Hall–Kier alpha value is -3.57. The highest BCUT2D eigenvalue weighted by Crippen LogP contribution is 2.24. The smallest absolute Gasteiger partial charge is 0.254 e. The summed E-state index contributed by atoms with van der Waals surface area (Å²) in [7, 11) is 0. The molecule has 3 aromatic rings. The van der Waals surface area contributed by atoms with Crippen molar-refractivity contribution < 1.29 is 9.90 Å². The van der Waals surface area contributed by atoms with Crippen LogP contribution < -0.4 is 21.7 Å². The van der Waals surface area contributed by atoms with Gasteiger partial charge in [0.2, 0.25) is 5.95 Å². The highest BCUT2D eigenvalue weighted by molar-refractivity contribution is 5.98. The van der Waals surface area contributed by atoms with Gasteiger partial charge in [-0.25, -0.2) is 4.98 Å². The van der Waals surface area contributed by atoms with Crippen molar-refractivity contribution in [2.24, 2.45) is 5.73 Å². The lowest BCUT2D eigenvalue weighted by molar-refractivity contribution is 0.100. The van der Waals surface area contributed by atoms with E-state index >= 15 is 0 Å². The second-order valence-electron chi connectivity index (χ2n) is 7.63. The Morgan fingerprint density at radius 2 is 1.97 bits per heavy atom. The first-order valence-corrected chi connectivity index (χ1v) is 10.7. The zero-order chi connectivity index (χ0) is 22.3. The van der Waals surface area contributed by atoms with Gasteiger partial charge in [0.1, 0.15) is 11.4 Å². The van der Waals surface area contributed by atoms with Crippen molar-refractivity contribution in [1.29, 1.82) is 0 Å². The van der Waals surface area contributed by atoms with Gasteiger partial charge in [-0.2, -0.15) is 20.0 Å². The number of anilines is 3. The Morgan fingerprint density at radius 1 is 1.19 bits per heavy atom. The van der Waals surface area contributed by atoms with Gasteiger partial charge >= 0.3 is 0 Å². The summed E-state index contributed by atoms with van der Waals surface area (Å²) >= 11 is 0. The summed E-state index contributed by atoms with van der Waals surface area (Å²) in [6.45, 7) is 0.632. The molecule has 11 heteroatoms. The summed E-state index contributed by atoms with van der Waals surface area (Å²) in [5, 5.41) is 27.3. The minimum absolute atomic E-state index is 0.0915. The lowest BCUT2D eigenvalue weighted by atomic mass is 9.90. The first-order chi connectivity index (χ1) is 15.6. The average molecular weight is 438 g/mol. The van der Waals surface area contributed by atoms with Crippen molar-refractivity contribution in [1.82, 2.24) is 30.3 Å². The van der Waals surface area contributed by atoms with Gasteiger partial charge in [0, 0.05) is 30.5 Å². The van der Waals surface area contributed by atoms with Crippen molar-refractivity contribution in [3.63, 3.8) is 0 Å². The highest BCUT2D eigenvalue weighted by Gasteiger charge is 2.25. The third kappa shape index (κ3) is 5.18. The quantitative estimate of drug-likeness (QED) is 0.332. The van der Waals surface area contributed by atoms with Gasteiger partial charge in [-0.1, -0.05) is 18.9 Å². The highest BCUT2D eigenvalue weighted by atomic mass is 16.3. The van der Waals surface area contributed by atoms with E-state index in [4.69, 9.17) is 10.8 Å². The molecule has 1 aromatic carbocycles. The largest absolute Gasteiger partial charge is 0.395 e. The minimum Gasteiger partial charge on any atom is -0.395 e. The van der Waals surface area contributed by atoms with Gasteiger partial charge in [-0.05, 0) is 31.0 Å². The normalized spacial score (nSPS) is 18.3. The molecule has 11 nitrogen and oxygen atoms in total. The molecule has 1 saturated carbocycles. The Bertz CT molecular complexity index is 1040. The molecule has 2 aromatic heterocycles. The molecule has 32 heavy (non-hydrogen) atoms. The van der Waals surface area contributed by atoms with E-state index in [1.807, 2.05) is 24.3 Å². The van der Waals surface area contributed by atoms with Crippen LogP contribution in [0.5, 0.6) is 0 Å². The summed E-state index contributed by atoms with van der Waals surface area (Å²) < 4.78 is 0. The summed E-state index contributed by atoms with van der Waals surface area (Å²) in [4.78, 5) is 22.3. The molecule has 0 aliphatic heterocycles. The van der Waals surface area contributed by atoms with Crippen LogP contribution in [0, 0.1) is 0 Å². The molecule has 1 fully saturated rings. The number of amides is 1. The zero-order valence-corrected chi connectivity index (χ0v) is 17.6. The summed E-state index contributed by atoms with van der Waals surface area (Å²) in [6.07, 6.45) is 8.84. The van der Waals surface area contributed by atoms with E-state index in [1.165, 1.54) is 11.0 Å². The lowest BCUT2D eigenvalue weighted by Gasteiger charge is -2.33. The maximum atomic E-state index is 12.0. The van der Waals surface area contributed by atoms with Gasteiger partial charge in [-0.15, -0.1) is 0 Å². The SMILES string of the molecule is NC(=O)c1cnc(N[C@@H]2CCCC[C@@H]2NCCO)nc1Nc1cccc(-n2nccn2)c1. The molecule has 4 rings (SSSR count). The van der Waals surface area contributed by atoms with Crippen LogP contribution >= 0.6 is 0 Å². The molecule has 1 amide bonds. The number of nitrogens with one attached hydrogen (secondary N) is 3. The molecular formula is C21H27N9O2. The van der Waals surface area contributed by atoms with Gasteiger partial charge in [0.15, 0.2) is 0 Å². The number of aromatic nitrogens is 5. The third-order valence-corrected chi connectivity index (χ3v) is 5.41. The van der Waals surface area contributed by atoms with Gasteiger partial charge < -0.3 is 26.8 Å². The molecule has 0 unspecified atom stereocenters. The van der Waals surface area contributed by atoms with Crippen LogP contribution in [0.4, 0.5) is 17.5 Å². The van der Waals surface area contributed by atoms with E-state index in [0.717, 1.165) is 31.4 Å². The molecule has 2 atom stereocenters. The molecule has 1 aliphatic rings. The molecule has 0 saturated heterocycles. The van der Waals surface area contributed by atoms with Crippen molar-refractivity contribution >= 4 is 23.4 Å². The maximum absolute atomic E-state index is 12.0. The van der Waals surface area contributed by atoms with Crippen LogP contribution in [0.15, 0.2) is 42.9 Å². The van der Waals surface area contributed by atoms with Crippen LogP contribution in [-0.2, 0) is 0 Å². The summed E-state index contributed by atoms with van der Waals surface area (Å²) in [6, 6.07) is 7.75. The van der Waals surface area contributed by atoms with Gasteiger partial charge in [0.25, 0.3) is 5.91 Å². The number of primary amides is 1. The van der Waals surface area contributed by atoms with Crippen molar-refractivity contribution in [3.8, 4) is 5.69 Å². The van der Waals surface area contributed by atoms with E-state index in [-0.39, 0.29) is 24.3 Å². The van der Waals surface area contributed by atoms with Crippen LogP contribution in [0.3, 0.4) is 0 Å². The standard InChI is InChI=1S/C21H27N9O2/c22-19(32)16-13-24-21(28-18-7-2-1-6-17(18)23-10-11-31)29-20(16)27-14-4-3-5-15(12-14)30-25-8-9-26-30/h3-5,8-9,12-13,17-18,23,31H,1-2,6-7,10-11H2,(H2,22,32)(H2,24,27,28,29)/t17-,18+/m0/s1. The van der Waals surface area contributed by atoms with Gasteiger partial charge in [-0.3, -0.25) is 4.79 Å². The molecule has 0 radical (unpaired) electrons. The van der Waals surface area contributed by atoms with Crippen LogP contribution in [0.25, 0.3) is 5.69 Å².